The molecule has 30 heavy (non-hydrogen) atoms. The van der Waals surface area contributed by atoms with Gasteiger partial charge in [0.1, 0.15) is 5.69 Å². The minimum absolute atomic E-state index is 0.190. The molecule has 4 aromatic rings. The molecule has 0 aliphatic heterocycles. The third-order valence-corrected chi connectivity index (χ3v) is 5.71. The second kappa shape index (κ2) is 8.02. The first kappa shape index (κ1) is 20.3. The molecule has 1 unspecified atom stereocenters. The first-order valence-corrected chi connectivity index (χ1v) is 10.6. The summed E-state index contributed by atoms with van der Waals surface area (Å²) in [6.45, 7) is 9.55. The monoisotopic (exact) mass is 470 g/mol. The number of aromatic nitrogens is 7. The van der Waals surface area contributed by atoms with Crippen molar-refractivity contribution in [3.63, 3.8) is 0 Å². The van der Waals surface area contributed by atoms with Gasteiger partial charge >= 0.3 is 0 Å². The molecule has 0 saturated heterocycles. The Morgan fingerprint density at radius 1 is 1.27 bits per heavy atom. The summed E-state index contributed by atoms with van der Waals surface area (Å²) in [4.78, 5) is 17.2. The van der Waals surface area contributed by atoms with Crippen LogP contribution >= 0.6 is 15.9 Å². The van der Waals surface area contributed by atoms with Gasteiger partial charge in [0.2, 0.25) is 0 Å². The Morgan fingerprint density at radius 2 is 2.07 bits per heavy atom. The van der Waals surface area contributed by atoms with Gasteiger partial charge in [-0.3, -0.25) is 14.2 Å². The smallest absolute Gasteiger partial charge is 0.272 e. The lowest BCUT2D eigenvalue weighted by molar-refractivity contribution is 0.0934. The van der Waals surface area contributed by atoms with Crippen molar-refractivity contribution in [1.82, 2.24) is 39.5 Å². The number of rotatable bonds is 6. The number of fused-ring (bicyclic) bond motifs is 1. The van der Waals surface area contributed by atoms with Gasteiger partial charge in [-0.05, 0) is 49.7 Å². The molecule has 0 aromatic carbocycles. The number of hydrogen-bond donors (Lipinski definition) is 1. The number of carbonyl (C=O) groups is 1. The maximum absolute atomic E-state index is 12.9. The number of hydrogen-bond acceptors (Lipinski definition) is 5. The summed E-state index contributed by atoms with van der Waals surface area (Å²) < 4.78 is 6.25. The van der Waals surface area contributed by atoms with Crippen LogP contribution < -0.4 is 5.32 Å². The predicted octanol–water partition coefficient (Wildman–Crippen LogP) is 3.39. The summed E-state index contributed by atoms with van der Waals surface area (Å²) in [6, 6.07) is 3.32. The molecule has 1 atom stereocenters. The molecule has 0 saturated carbocycles. The van der Waals surface area contributed by atoms with Crippen molar-refractivity contribution in [3.8, 4) is 11.4 Å². The molecular weight excluding hydrogens is 448 g/mol. The van der Waals surface area contributed by atoms with Gasteiger partial charge < -0.3 is 5.32 Å². The maximum atomic E-state index is 12.9. The highest BCUT2D eigenvalue weighted by atomic mass is 79.9. The molecule has 0 aliphatic carbocycles. The van der Waals surface area contributed by atoms with Crippen molar-refractivity contribution in [2.24, 2.45) is 0 Å². The number of nitrogens with zero attached hydrogens (tertiary/aromatic N) is 7. The van der Waals surface area contributed by atoms with Gasteiger partial charge in [0.15, 0.2) is 11.3 Å². The van der Waals surface area contributed by atoms with Crippen LogP contribution in [0.15, 0.2) is 35.2 Å². The zero-order valence-corrected chi connectivity index (χ0v) is 18.9. The summed E-state index contributed by atoms with van der Waals surface area (Å²) in [6.07, 6.45) is 5.41. The van der Waals surface area contributed by atoms with E-state index in [4.69, 9.17) is 0 Å². The van der Waals surface area contributed by atoms with E-state index in [2.05, 4.69) is 41.5 Å². The number of halogens is 1. The zero-order valence-electron chi connectivity index (χ0n) is 17.3. The van der Waals surface area contributed by atoms with E-state index >= 15 is 0 Å². The fourth-order valence-electron chi connectivity index (χ4n) is 3.47. The number of carbonyl (C=O) groups excluding carboxylic acids is 1. The van der Waals surface area contributed by atoms with Crippen molar-refractivity contribution in [1.29, 1.82) is 0 Å². The quantitative estimate of drug-likeness (QED) is 0.465. The van der Waals surface area contributed by atoms with Gasteiger partial charge in [-0.1, -0.05) is 0 Å². The fourth-order valence-corrected chi connectivity index (χ4v) is 3.99. The first-order chi connectivity index (χ1) is 14.4. The van der Waals surface area contributed by atoms with Crippen LogP contribution in [0.4, 0.5) is 0 Å². The highest BCUT2D eigenvalue weighted by molar-refractivity contribution is 9.10. The molecule has 0 bridgehead atoms. The fraction of sp³-hybridized carbons (Fsp3) is 0.350. The Labute approximate surface area is 182 Å². The maximum Gasteiger partial charge on any atom is 0.272 e. The van der Waals surface area contributed by atoms with Crippen LogP contribution in [0, 0.1) is 6.92 Å². The van der Waals surface area contributed by atoms with Gasteiger partial charge in [-0.15, -0.1) is 0 Å². The molecule has 0 aliphatic rings. The Bertz CT molecular complexity index is 1220. The Hall–Kier alpha value is -3.01. The van der Waals surface area contributed by atoms with Crippen LogP contribution in [0.5, 0.6) is 0 Å². The van der Waals surface area contributed by atoms with E-state index in [1.165, 1.54) is 0 Å². The lowest BCUT2D eigenvalue weighted by Crippen LogP contribution is -2.27. The molecule has 0 radical (unpaired) electrons. The Kier molecular flexibility index (Phi) is 5.42. The van der Waals surface area contributed by atoms with Gasteiger partial charge in [-0.2, -0.15) is 15.3 Å². The Morgan fingerprint density at radius 3 is 2.73 bits per heavy atom. The predicted molar refractivity (Wildman–Crippen MR) is 116 cm³/mol. The molecule has 0 fully saturated rings. The minimum atomic E-state index is -0.263. The lowest BCUT2D eigenvalue weighted by Gasteiger charge is -2.13. The molecule has 4 rings (SSSR count). The number of amides is 1. The topological polar surface area (TPSA) is 94.9 Å². The lowest BCUT2D eigenvalue weighted by atomic mass is 10.1. The van der Waals surface area contributed by atoms with Crippen LogP contribution in [0.3, 0.4) is 0 Å². The molecule has 0 spiro atoms. The van der Waals surface area contributed by atoms with E-state index in [-0.39, 0.29) is 11.9 Å². The van der Waals surface area contributed by atoms with Crippen molar-refractivity contribution in [3.05, 3.63) is 52.1 Å². The van der Waals surface area contributed by atoms with Crippen LogP contribution in [-0.2, 0) is 13.1 Å². The number of aryl methyl sites for hydroxylation is 2. The normalized spacial score (nSPS) is 12.4. The van der Waals surface area contributed by atoms with Gasteiger partial charge in [0.25, 0.3) is 5.91 Å². The molecule has 156 valence electrons. The van der Waals surface area contributed by atoms with Crippen molar-refractivity contribution >= 4 is 27.5 Å². The molecule has 1 amide bonds. The second-order valence-electron chi connectivity index (χ2n) is 7.01. The largest absolute Gasteiger partial charge is 0.344 e. The van der Waals surface area contributed by atoms with Crippen LogP contribution in [0.2, 0.25) is 0 Å². The summed E-state index contributed by atoms with van der Waals surface area (Å²) >= 11 is 3.56. The van der Waals surface area contributed by atoms with Crippen molar-refractivity contribution in [2.45, 2.75) is 46.8 Å². The van der Waals surface area contributed by atoms with E-state index in [0.717, 1.165) is 40.2 Å². The molecule has 4 aromatic heterocycles. The van der Waals surface area contributed by atoms with E-state index in [1.807, 2.05) is 49.3 Å². The van der Waals surface area contributed by atoms with Crippen molar-refractivity contribution in [2.75, 3.05) is 0 Å². The third-order valence-electron chi connectivity index (χ3n) is 5.13. The van der Waals surface area contributed by atoms with E-state index in [1.54, 1.807) is 23.0 Å². The summed E-state index contributed by atoms with van der Waals surface area (Å²) in [5.74, 6) is -0.263. The number of nitrogens with one attached hydrogen (secondary N) is 1. The third kappa shape index (κ3) is 3.51. The average molecular weight is 471 g/mol. The highest BCUT2D eigenvalue weighted by Gasteiger charge is 2.20. The summed E-state index contributed by atoms with van der Waals surface area (Å²) in [7, 11) is 0. The van der Waals surface area contributed by atoms with Crippen LogP contribution in [-0.4, -0.2) is 40.1 Å². The van der Waals surface area contributed by atoms with E-state index < -0.39 is 0 Å². The van der Waals surface area contributed by atoms with Gasteiger partial charge in [-0.25, -0.2) is 9.50 Å². The molecular formula is C20H23BrN8O. The Balaban J connectivity index is 1.64. The summed E-state index contributed by atoms with van der Waals surface area (Å²) in [5.41, 5.74) is 4.41. The van der Waals surface area contributed by atoms with Crippen LogP contribution in [0.25, 0.3) is 17.0 Å². The zero-order chi connectivity index (χ0) is 21.4. The van der Waals surface area contributed by atoms with Gasteiger partial charge in [0, 0.05) is 42.8 Å². The van der Waals surface area contributed by atoms with Crippen molar-refractivity contribution < 1.29 is 4.79 Å². The SMILES string of the molecule is CCn1cc(Br)c(-c2ccnc3cc(C(=O)NC(C)c4cnn(CC)c4C)nn23)n1. The average Bonchev–Trinajstić information content (AvgIpc) is 3.43. The van der Waals surface area contributed by atoms with E-state index in [0.29, 0.717) is 11.3 Å². The molecule has 9 nitrogen and oxygen atoms in total. The molecule has 4 heterocycles. The van der Waals surface area contributed by atoms with Crippen LogP contribution in [0.1, 0.15) is 48.6 Å². The molecule has 1 N–H and O–H groups in total. The van der Waals surface area contributed by atoms with Gasteiger partial charge in [0.05, 0.1) is 22.4 Å². The molecule has 10 heteroatoms. The first-order valence-electron chi connectivity index (χ1n) is 9.84. The highest BCUT2D eigenvalue weighted by Crippen LogP contribution is 2.27. The second-order valence-corrected chi connectivity index (χ2v) is 7.86. The summed E-state index contributed by atoms with van der Waals surface area (Å²) in [5, 5.41) is 16.5. The van der Waals surface area contributed by atoms with E-state index in [9.17, 15) is 4.79 Å². The standard InChI is InChI=1S/C20H23BrN8O/c1-5-27-11-15(21)19(26-27)17-7-8-22-18-9-16(25-29(17)18)20(30)24-12(3)14-10-23-28(6-2)13(14)4/h7-12H,5-6H2,1-4H3,(H,24,30). The minimum Gasteiger partial charge on any atom is -0.344 e.